The molecule has 0 radical (unpaired) electrons. The Labute approximate surface area is 174 Å². The molecule has 0 atom stereocenters. The van der Waals surface area contributed by atoms with E-state index < -0.39 is 0 Å². The highest BCUT2D eigenvalue weighted by Crippen LogP contribution is 2.39. The van der Waals surface area contributed by atoms with E-state index >= 15 is 0 Å². The van der Waals surface area contributed by atoms with Gasteiger partial charge in [-0.2, -0.15) is 0 Å². The van der Waals surface area contributed by atoms with Crippen molar-refractivity contribution < 1.29 is 19.0 Å². The normalized spacial score (nSPS) is 18.5. The third-order valence-electron chi connectivity index (χ3n) is 5.53. The van der Waals surface area contributed by atoms with Crippen molar-refractivity contribution >= 4 is 17.3 Å². The first-order chi connectivity index (χ1) is 14.1. The summed E-state index contributed by atoms with van der Waals surface area (Å²) >= 11 is 0. The van der Waals surface area contributed by atoms with Crippen molar-refractivity contribution in [2.45, 2.75) is 33.6 Å². The number of carbonyl (C=O) groups is 1. The SMILES string of the molecule is CCOc1cc(N2CCOCC2)c(OCC)cc1NC(=O)CN1CCC(C)CC1. The summed E-state index contributed by atoms with van der Waals surface area (Å²) in [6.45, 7) is 12.7. The zero-order valence-corrected chi connectivity index (χ0v) is 18.0. The maximum atomic E-state index is 12.7. The Hall–Kier alpha value is -1.99. The molecule has 7 nitrogen and oxygen atoms in total. The average Bonchev–Trinajstić information content (AvgIpc) is 2.72. The molecule has 0 aromatic heterocycles. The lowest BCUT2D eigenvalue weighted by atomic mass is 9.99. The number of piperidine rings is 1. The van der Waals surface area contributed by atoms with Gasteiger partial charge in [0.1, 0.15) is 11.5 Å². The molecular formula is C22H35N3O4. The van der Waals surface area contributed by atoms with E-state index in [1.54, 1.807) is 0 Å². The van der Waals surface area contributed by atoms with Gasteiger partial charge in [0.25, 0.3) is 0 Å². The fraction of sp³-hybridized carbons (Fsp3) is 0.682. The van der Waals surface area contributed by atoms with Crippen LogP contribution >= 0.6 is 0 Å². The first-order valence-corrected chi connectivity index (χ1v) is 10.9. The second kappa shape index (κ2) is 10.7. The van der Waals surface area contributed by atoms with E-state index in [-0.39, 0.29) is 5.91 Å². The van der Waals surface area contributed by atoms with Crippen molar-refractivity contribution in [3.8, 4) is 11.5 Å². The van der Waals surface area contributed by atoms with Crippen molar-refractivity contribution in [3.63, 3.8) is 0 Å². The van der Waals surface area contributed by atoms with Gasteiger partial charge in [-0.3, -0.25) is 9.69 Å². The molecule has 0 bridgehead atoms. The average molecular weight is 406 g/mol. The molecule has 2 fully saturated rings. The maximum Gasteiger partial charge on any atom is 0.238 e. The van der Waals surface area contributed by atoms with Gasteiger partial charge in [-0.25, -0.2) is 0 Å². The minimum atomic E-state index is -0.0120. The molecule has 2 aliphatic heterocycles. The summed E-state index contributed by atoms with van der Waals surface area (Å²) in [5.41, 5.74) is 1.66. The molecule has 2 aliphatic rings. The summed E-state index contributed by atoms with van der Waals surface area (Å²) in [4.78, 5) is 17.2. The van der Waals surface area contributed by atoms with Crippen LogP contribution < -0.4 is 19.7 Å². The van der Waals surface area contributed by atoms with Crippen LogP contribution in [0.1, 0.15) is 33.6 Å². The van der Waals surface area contributed by atoms with Crippen LogP contribution in [0, 0.1) is 5.92 Å². The molecule has 3 rings (SSSR count). The summed E-state index contributed by atoms with van der Waals surface area (Å²) in [6.07, 6.45) is 2.31. The zero-order chi connectivity index (χ0) is 20.6. The Kier molecular flexibility index (Phi) is 8.00. The third-order valence-corrected chi connectivity index (χ3v) is 5.53. The highest BCUT2D eigenvalue weighted by molar-refractivity contribution is 5.94. The molecule has 1 amide bonds. The number of rotatable bonds is 8. The number of ether oxygens (including phenoxy) is 3. The monoisotopic (exact) mass is 405 g/mol. The second-order valence-corrected chi connectivity index (χ2v) is 7.79. The van der Waals surface area contributed by atoms with Crippen molar-refractivity contribution in [1.29, 1.82) is 0 Å². The van der Waals surface area contributed by atoms with Crippen LogP contribution in [0.2, 0.25) is 0 Å². The number of morpholine rings is 1. The van der Waals surface area contributed by atoms with E-state index in [0.29, 0.717) is 44.4 Å². The summed E-state index contributed by atoms with van der Waals surface area (Å²) in [6, 6.07) is 3.88. The summed E-state index contributed by atoms with van der Waals surface area (Å²) in [7, 11) is 0. The lowest BCUT2D eigenvalue weighted by molar-refractivity contribution is -0.117. The van der Waals surface area contributed by atoms with Gasteiger partial charge < -0.3 is 24.4 Å². The Morgan fingerprint density at radius 1 is 1.07 bits per heavy atom. The van der Waals surface area contributed by atoms with Crippen molar-refractivity contribution in [3.05, 3.63) is 12.1 Å². The fourth-order valence-electron chi connectivity index (χ4n) is 3.86. The zero-order valence-electron chi connectivity index (χ0n) is 18.0. The summed E-state index contributed by atoms with van der Waals surface area (Å²) < 4.78 is 17.3. The van der Waals surface area contributed by atoms with Crippen LogP contribution in [0.25, 0.3) is 0 Å². The number of likely N-dealkylation sites (tertiary alicyclic amines) is 1. The number of carbonyl (C=O) groups excluding carboxylic acids is 1. The minimum Gasteiger partial charge on any atom is -0.492 e. The van der Waals surface area contributed by atoms with Gasteiger partial charge >= 0.3 is 0 Å². The van der Waals surface area contributed by atoms with Gasteiger partial charge in [-0.15, -0.1) is 0 Å². The first kappa shape index (κ1) is 21.7. The van der Waals surface area contributed by atoms with E-state index in [4.69, 9.17) is 14.2 Å². The standard InChI is InChI=1S/C22H35N3O4/c1-4-28-20-15-19(25-10-12-27-13-11-25)21(29-5-2)14-18(20)23-22(26)16-24-8-6-17(3)7-9-24/h14-15,17H,4-13,16H2,1-3H3,(H,23,26). The minimum absolute atomic E-state index is 0.0120. The molecule has 0 aliphatic carbocycles. The van der Waals surface area contributed by atoms with Gasteiger partial charge in [0.15, 0.2) is 0 Å². The van der Waals surface area contributed by atoms with Gasteiger partial charge in [-0.05, 0) is 45.7 Å². The third kappa shape index (κ3) is 6.00. The largest absolute Gasteiger partial charge is 0.492 e. The molecule has 0 spiro atoms. The Balaban J connectivity index is 1.76. The van der Waals surface area contributed by atoms with E-state index in [2.05, 4.69) is 22.0 Å². The molecule has 1 aromatic carbocycles. The van der Waals surface area contributed by atoms with E-state index in [1.165, 1.54) is 0 Å². The number of hydrogen-bond acceptors (Lipinski definition) is 6. The number of hydrogen-bond donors (Lipinski definition) is 1. The molecule has 1 N–H and O–H groups in total. The lowest BCUT2D eigenvalue weighted by Gasteiger charge is -2.31. The van der Waals surface area contributed by atoms with E-state index in [0.717, 1.165) is 56.4 Å². The molecule has 2 heterocycles. The number of amides is 1. The molecule has 2 saturated heterocycles. The molecular weight excluding hydrogens is 370 g/mol. The summed E-state index contributed by atoms with van der Waals surface area (Å²) in [5.74, 6) is 2.18. The van der Waals surface area contributed by atoms with Crippen molar-refractivity contribution in [2.24, 2.45) is 5.92 Å². The fourth-order valence-corrected chi connectivity index (χ4v) is 3.86. The van der Waals surface area contributed by atoms with Crippen LogP contribution in [-0.2, 0) is 9.53 Å². The lowest BCUT2D eigenvalue weighted by Crippen LogP contribution is -2.38. The van der Waals surface area contributed by atoms with E-state index in [9.17, 15) is 4.79 Å². The summed E-state index contributed by atoms with van der Waals surface area (Å²) in [5, 5.41) is 3.05. The van der Waals surface area contributed by atoms with Gasteiger partial charge in [0.2, 0.25) is 5.91 Å². The highest BCUT2D eigenvalue weighted by atomic mass is 16.5. The van der Waals surface area contributed by atoms with Crippen LogP contribution in [0.4, 0.5) is 11.4 Å². The first-order valence-electron chi connectivity index (χ1n) is 10.9. The molecule has 0 unspecified atom stereocenters. The van der Waals surface area contributed by atoms with Crippen LogP contribution in [0.3, 0.4) is 0 Å². The second-order valence-electron chi connectivity index (χ2n) is 7.79. The number of anilines is 2. The highest BCUT2D eigenvalue weighted by Gasteiger charge is 2.22. The molecule has 7 heteroatoms. The van der Waals surface area contributed by atoms with Gasteiger partial charge in [-0.1, -0.05) is 6.92 Å². The Bertz CT molecular complexity index is 668. The molecule has 1 aromatic rings. The smallest absolute Gasteiger partial charge is 0.238 e. The predicted octanol–water partition coefficient (Wildman–Crippen LogP) is 2.99. The Morgan fingerprint density at radius 2 is 1.72 bits per heavy atom. The quantitative estimate of drug-likeness (QED) is 0.717. The predicted molar refractivity (Wildman–Crippen MR) is 115 cm³/mol. The number of nitrogens with one attached hydrogen (secondary N) is 1. The number of benzene rings is 1. The van der Waals surface area contributed by atoms with Gasteiger partial charge in [0, 0.05) is 25.2 Å². The van der Waals surface area contributed by atoms with Crippen LogP contribution in [-0.4, -0.2) is 70.0 Å². The molecule has 29 heavy (non-hydrogen) atoms. The number of nitrogens with zero attached hydrogens (tertiary/aromatic N) is 2. The topological polar surface area (TPSA) is 63.3 Å². The van der Waals surface area contributed by atoms with Gasteiger partial charge in [0.05, 0.1) is 44.3 Å². The Morgan fingerprint density at radius 3 is 2.38 bits per heavy atom. The maximum absolute atomic E-state index is 12.7. The van der Waals surface area contributed by atoms with E-state index in [1.807, 2.05) is 26.0 Å². The van der Waals surface area contributed by atoms with Crippen molar-refractivity contribution in [2.75, 3.05) is 69.4 Å². The van der Waals surface area contributed by atoms with Crippen LogP contribution in [0.5, 0.6) is 11.5 Å². The van der Waals surface area contributed by atoms with Crippen LogP contribution in [0.15, 0.2) is 12.1 Å². The van der Waals surface area contributed by atoms with Crippen molar-refractivity contribution in [1.82, 2.24) is 4.90 Å². The molecule has 0 saturated carbocycles. The molecule has 162 valence electrons.